The second-order valence-corrected chi connectivity index (χ2v) is 9.31. The van der Waals surface area contributed by atoms with Gasteiger partial charge in [0.2, 0.25) is 0 Å². The van der Waals surface area contributed by atoms with E-state index in [0.717, 1.165) is 23.2 Å². The molecule has 7 nitrogen and oxygen atoms in total. The predicted octanol–water partition coefficient (Wildman–Crippen LogP) is 6.25. The van der Waals surface area contributed by atoms with Gasteiger partial charge in [0.1, 0.15) is 11.3 Å². The lowest BCUT2D eigenvalue weighted by atomic mass is 9.96. The Morgan fingerprint density at radius 3 is 2.41 bits per heavy atom. The number of pyridine rings is 1. The molecule has 0 saturated carbocycles. The number of hydrogen-bond donors (Lipinski definition) is 0. The molecule has 2 aromatic carbocycles. The molecule has 1 fully saturated rings. The van der Waals surface area contributed by atoms with Gasteiger partial charge in [0.05, 0.1) is 16.9 Å². The number of carbonyl (C=O) groups excluding carboxylic acids is 1. The Kier molecular flexibility index (Phi) is 6.13. The molecule has 1 aliphatic heterocycles. The Balaban J connectivity index is 1.27. The van der Waals surface area contributed by atoms with Crippen LogP contribution in [-0.2, 0) is 6.18 Å². The third-order valence-electron chi connectivity index (χ3n) is 6.85. The smallest absolute Gasteiger partial charge is 0.419 e. The number of alkyl halides is 3. The van der Waals surface area contributed by atoms with Crippen molar-refractivity contribution in [1.29, 1.82) is 0 Å². The molecule has 0 bridgehead atoms. The number of rotatable bonds is 4. The highest BCUT2D eigenvalue weighted by atomic mass is 19.4. The van der Waals surface area contributed by atoms with Crippen molar-refractivity contribution in [2.45, 2.75) is 24.9 Å². The number of fused-ring (bicyclic) bond motifs is 1. The monoisotopic (exact) mass is 535 g/mol. The zero-order valence-electron chi connectivity index (χ0n) is 20.4. The van der Waals surface area contributed by atoms with E-state index in [1.54, 1.807) is 35.5 Å². The van der Waals surface area contributed by atoms with Crippen molar-refractivity contribution in [3.63, 3.8) is 0 Å². The van der Waals surface area contributed by atoms with Gasteiger partial charge in [-0.2, -0.15) is 18.3 Å². The summed E-state index contributed by atoms with van der Waals surface area (Å²) in [6, 6.07) is 15.0. The third-order valence-corrected chi connectivity index (χ3v) is 6.85. The molecule has 0 unspecified atom stereocenters. The maximum atomic E-state index is 14.4. The molecule has 198 valence electrons. The van der Waals surface area contributed by atoms with Crippen LogP contribution in [-0.4, -0.2) is 43.6 Å². The van der Waals surface area contributed by atoms with Gasteiger partial charge in [0.25, 0.3) is 5.91 Å². The number of piperidine rings is 1. The van der Waals surface area contributed by atoms with Crippen molar-refractivity contribution in [1.82, 2.24) is 24.6 Å². The fourth-order valence-electron chi connectivity index (χ4n) is 4.83. The van der Waals surface area contributed by atoms with Gasteiger partial charge in [0, 0.05) is 43.0 Å². The SMILES string of the molecule is O=C(c1cc(-c2ccncc2)n(-c2ccc(C(F)(F)F)c(F)c2)n1)N1CCC(c2nc3ccccc3o2)CC1. The van der Waals surface area contributed by atoms with Crippen LogP contribution in [0.5, 0.6) is 0 Å². The molecule has 0 atom stereocenters. The van der Waals surface area contributed by atoms with Crippen LogP contribution in [0, 0.1) is 5.82 Å². The standard InChI is InChI=1S/C28H21F4N5O2/c29-21-15-19(5-6-20(21)28(30,31)32)37-24(17-7-11-33-12-8-17)16-23(35-37)27(38)36-13-9-18(10-14-36)26-34-22-3-1-2-4-25(22)39-26/h1-8,11-12,15-16,18H,9-10,13-14H2. The Morgan fingerprint density at radius 2 is 1.72 bits per heavy atom. The summed E-state index contributed by atoms with van der Waals surface area (Å²) < 4.78 is 60.9. The van der Waals surface area contributed by atoms with E-state index in [-0.39, 0.29) is 23.2 Å². The molecular weight excluding hydrogens is 514 g/mol. The largest absolute Gasteiger partial charge is 0.440 e. The third kappa shape index (κ3) is 4.75. The van der Waals surface area contributed by atoms with Crippen molar-refractivity contribution >= 4 is 17.0 Å². The molecule has 5 aromatic rings. The predicted molar refractivity (Wildman–Crippen MR) is 134 cm³/mol. The fourth-order valence-corrected chi connectivity index (χ4v) is 4.83. The number of carbonyl (C=O) groups is 1. The van der Waals surface area contributed by atoms with Crippen LogP contribution in [0.4, 0.5) is 17.6 Å². The van der Waals surface area contributed by atoms with Gasteiger partial charge in [-0.1, -0.05) is 12.1 Å². The van der Waals surface area contributed by atoms with Crippen LogP contribution >= 0.6 is 0 Å². The molecule has 0 radical (unpaired) electrons. The van der Waals surface area contributed by atoms with E-state index in [2.05, 4.69) is 15.1 Å². The number of para-hydroxylation sites is 2. The van der Waals surface area contributed by atoms with Gasteiger partial charge < -0.3 is 9.32 Å². The van der Waals surface area contributed by atoms with Crippen molar-refractivity contribution in [3.05, 3.63) is 96.0 Å². The quantitative estimate of drug-likeness (QED) is 0.254. The van der Waals surface area contributed by atoms with Crippen LogP contribution in [0.3, 0.4) is 0 Å². The summed E-state index contributed by atoms with van der Waals surface area (Å²) in [5.74, 6) is -1.03. The number of nitrogens with zero attached hydrogens (tertiary/aromatic N) is 5. The highest BCUT2D eigenvalue weighted by Gasteiger charge is 2.34. The van der Waals surface area contributed by atoms with Gasteiger partial charge in [-0.15, -0.1) is 0 Å². The maximum absolute atomic E-state index is 14.4. The summed E-state index contributed by atoms with van der Waals surface area (Å²) in [6.45, 7) is 0.906. The minimum atomic E-state index is -4.83. The molecule has 3 aromatic heterocycles. The van der Waals surface area contributed by atoms with Crippen LogP contribution in [0.25, 0.3) is 28.0 Å². The van der Waals surface area contributed by atoms with Crippen molar-refractivity contribution in [2.24, 2.45) is 0 Å². The van der Waals surface area contributed by atoms with E-state index in [9.17, 15) is 22.4 Å². The normalized spacial score (nSPS) is 14.7. The lowest BCUT2D eigenvalue weighted by Gasteiger charge is -2.30. The molecule has 0 spiro atoms. The number of oxazole rings is 1. The fraction of sp³-hybridized carbons (Fsp3) is 0.214. The summed E-state index contributed by atoms with van der Waals surface area (Å²) in [6.07, 6.45) is -0.441. The summed E-state index contributed by atoms with van der Waals surface area (Å²) in [7, 11) is 0. The Labute approximate surface area is 219 Å². The van der Waals surface area contributed by atoms with Gasteiger partial charge in [-0.25, -0.2) is 14.1 Å². The first kappa shape index (κ1) is 24.8. The van der Waals surface area contributed by atoms with Gasteiger partial charge in [0.15, 0.2) is 17.2 Å². The average molecular weight is 536 g/mol. The molecule has 0 N–H and O–H groups in total. The highest BCUT2D eigenvalue weighted by Crippen LogP contribution is 2.34. The first-order valence-corrected chi connectivity index (χ1v) is 12.3. The summed E-state index contributed by atoms with van der Waals surface area (Å²) in [5, 5.41) is 4.40. The molecule has 1 aliphatic rings. The van der Waals surface area contributed by atoms with Gasteiger partial charge in [-0.05, 0) is 55.3 Å². The number of amides is 1. The molecule has 1 saturated heterocycles. The number of halogens is 4. The van der Waals surface area contributed by atoms with E-state index >= 15 is 0 Å². The molecular formula is C28H21F4N5O2. The van der Waals surface area contributed by atoms with E-state index in [4.69, 9.17) is 4.42 Å². The van der Waals surface area contributed by atoms with Crippen LogP contribution in [0.1, 0.15) is 40.7 Å². The van der Waals surface area contributed by atoms with Crippen LogP contribution in [0.2, 0.25) is 0 Å². The van der Waals surface area contributed by atoms with E-state index in [0.29, 0.717) is 49.1 Å². The zero-order valence-corrected chi connectivity index (χ0v) is 20.4. The topological polar surface area (TPSA) is 77.1 Å². The van der Waals surface area contributed by atoms with E-state index in [1.165, 1.54) is 4.68 Å². The second kappa shape index (κ2) is 9.64. The van der Waals surface area contributed by atoms with E-state index in [1.807, 2.05) is 24.3 Å². The average Bonchev–Trinajstić information content (AvgIpc) is 3.58. The maximum Gasteiger partial charge on any atom is 0.419 e. The van der Waals surface area contributed by atoms with Crippen LogP contribution in [0.15, 0.2) is 77.5 Å². The number of hydrogen-bond acceptors (Lipinski definition) is 5. The van der Waals surface area contributed by atoms with E-state index < -0.39 is 17.6 Å². The number of benzene rings is 2. The van der Waals surface area contributed by atoms with Crippen LogP contribution < -0.4 is 0 Å². The second-order valence-electron chi connectivity index (χ2n) is 9.31. The molecule has 11 heteroatoms. The molecule has 4 heterocycles. The minimum Gasteiger partial charge on any atom is -0.440 e. The zero-order chi connectivity index (χ0) is 27.1. The van der Waals surface area contributed by atoms with Gasteiger partial charge >= 0.3 is 6.18 Å². The van der Waals surface area contributed by atoms with Crippen molar-refractivity contribution in [2.75, 3.05) is 13.1 Å². The minimum absolute atomic E-state index is 0.0565. The first-order chi connectivity index (χ1) is 18.8. The lowest BCUT2D eigenvalue weighted by Crippen LogP contribution is -2.38. The Hall–Kier alpha value is -4.54. The van der Waals surface area contributed by atoms with Crippen molar-refractivity contribution < 1.29 is 26.8 Å². The number of aromatic nitrogens is 4. The summed E-state index contributed by atoms with van der Waals surface area (Å²) in [5.41, 5.74) is 1.33. The lowest BCUT2D eigenvalue weighted by molar-refractivity contribution is -0.140. The first-order valence-electron chi connectivity index (χ1n) is 12.3. The van der Waals surface area contributed by atoms with Crippen molar-refractivity contribution in [3.8, 4) is 16.9 Å². The Morgan fingerprint density at radius 1 is 0.974 bits per heavy atom. The molecule has 0 aliphatic carbocycles. The molecule has 1 amide bonds. The Bertz CT molecular complexity index is 1620. The molecule has 6 rings (SSSR count). The number of likely N-dealkylation sites (tertiary alicyclic amines) is 1. The summed E-state index contributed by atoms with van der Waals surface area (Å²) >= 11 is 0. The van der Waals surface area contributed by atoms with Gasteiger partial charge in [-0.3, -0.25) is 9.78 Å². The highest BCUT2D eigenvalue weighted by molar-refractivity contribution is 5.93. The molecule has 39 heavy (non-hydrogen) atoms. The summed E-state index contributed by atoms with van der Waals surface area (Å²) in [4.78, 5) is 23.7.